The maximum Gasteiger partial charge on any atom is 0.330 e. The Hall–Kier alpha value is -1.44. The summed E-state index contributed by atoms with van der Waals surface area (Å²) in [6, 6.07) is 1.28. The van der Waals surface area contributed by atoms with Gasteiger partial charge in [0.2, 0.25) is 0 Å². The van der Waals surface area contributed by atoms with E-state index in [0.717, 1.165) is 6.42 Å². The molecule has 0 aliphatic carbocycles. The highest BCUT2D eigenvalue weighted by molar-refractivity contribution is 4.94. The molecule has 0 radical (unpaired) electrons. The van der Waals surface area contributed by atoms with E-state index in [0.29, 0.717) is 0 Å². The van der Waals surface area contributed by atoms with Crippen LogP contribution in [0.1, 0.15) is 19.6 Å². The summed E-state index contributed by atoms with van der Waals surface area (Å²) >= 11 is 0. The summed E-state index contributed by atoms with van der Waals surface area (Å²) in [4.78, 5) is 25.1. The van der Waals surface area contributed by atoms with Crippen molar-refractivity contribution in [2.45, 2.75) is 37.9 Å². The number of H-pyrrole nitrogens is 1. The number of ether oxygens (including phenoxy) is 3. The molecule has 7 heteroatoms. The van der Waals surface area contributed by atoms with Gasteiger partial charge in [-0.15, -0.1) is 0 Å². The van der Waals surface area contributed by atoms with E-state index in [1.54, 1.807) is 14.2 Å². The molecule has 1 aromatic heterocycles. The first-order valence-electron chi connectivity index (χ1n) is 6.14. The number of methoxy groups -OCH3 is 2. The van der Waals surface area contributed by atoms with Crippen LogP contribution < -0.4 is 11.2 Å². The van der Waals surface area contributed by atoms with Crippen molar-refractivity contribution in [3.05, 3.63) is 33.1 Å². The zero-order valence-corrected chi connectivity index (χ0v) is 11.2. The first-order valence-corrected chi connectivity index (χ1v) is 6.14. The second kappa shape index (κ2) is 5.68. The minimum absolute atomic E-state index is 0.154. The quantitative estimate of drug-likeness (QED) is 0.824. The van der Waals surface area contributed by atoms with Crippen molar-refractivity contribution in [1.29, 1.82) is 0 Å². The van der Waals surface area contributed by atoms with Crippen LogP contribution >= 0.6 is 0 Å². The van der Waals surface area contributed by atoms with E-state index in [9.17, 15) is 9.59 Å². The number of aromatic nitrogens is 2. The van der Waals surface area contributed by atoms with Crippen LogP contribution in [0.3, 0.4) is 0 Å². The fourth-order valence-corrected chi connectivity index (χ4v) is 2.42. The SMILES string of the molecule is CC[C@H]1O[C@@H](n2ccc(=O)[nH]c2=O)C(OC)C1OC. The van der Waals surface area contributed by atoms with Gasteiger partial charge in [-0.2, -0.15) is 0 Å². The molecular formula is C12H18N2O5. The van der Waals surface area contributed by atoms with Crippen LogP contribution in [0.15, 0.2) is 21.9 Å². The van der Waals surface area contributed by atoms with Gasteiger partial charge in [-0.25, -0.2) is 4.79 Å². The standard InChI is InChI=1S/C12H18N2O5/c1-4-7-9(17-2)10(18-3)11(19-7)14-6-5-8(15)13-12(14)16/h5-7,9-11H,4H2,1-3H3,(H,13,15,16)/t7-,9?,10?,11-/m1/s1. The molecule has 1 saturated heterocycles. The van der Waals surface area contributed by atoms with E-state index in [1.165, 1.54) is 16.8 Å². The summed E-state index contributed by atoms with van der Waals surface area (Å²) in [5.74, 6) is 0. The number of rotatable bonds is 4. The second-order valence-electron chi connectivity index (χ2n) is 4.39. The van der Waals surface area contributed by atoms with Gasteiger partial charge in [-0.3, -0.25) is 14.3 Å². The molecule has 1 aromatic rings. The second-order valence-corrected chi connectivity index (χ2v) is 4.39. The first kappa shape index (κ1) is 14.0. The Bertz CT molecular complexity index is 537. The molecule has 1 fully saturated rings. The number of nitrogens with zero attached hydrogens (tertiary/aromatic N) is 1. The highest BCUT2D eigenvalue weighted by atomic mass is 16.6. The highest BCUT2D eigenvalue weighted by Gasteiger charge is 2.45. The summed E-state index contributed by atoms with van der Waals surface area (Å²) in [5, 5.41) is 0. The smallest absolute Gasteiger partial charge is 0.330 e. The molecule has 2 unspecified atom stereocenters. The monoisotopic (exact) mass is 270 g/mol. The van der Waals surface area contributed by atoms with Gasteiger partial charge in [0, 0.05) is 26.5 Å². The van der Waals surface area contributed by atoms with E-state index >= 15 is 0 Å². The van der Waals surface area contributed by atoms with E-state index in [1.807, 2.05) is 6.92 Å². The van der Waals surface area contributed by atoms with Crippen molar-refractivity contribution in [3.63, 3.8) is 0 Å². The van der Waals surface area contributed by atoms with Crippen LogP contribution in [-0.4, -0.2) is 42.1 Å². The lowest BCUT2D eigenvalue weighted by molar-refractivity contribution is -0.0559. The molecule has 1 aliphatic heterocycles. The Kier molecular flexibility index (Phi) is 4.18. The Labute approximate surface area is 110 Å². The van der Waals surface area contributed by atoms with Crippen molar-refractivity contribution in [2.24, 2.45) is 0 Å². The van der Waals surface area contributed by atoms with Crippen LogP contribution in [0.5, 0.6) is 0 Å². The van der Waals surface area contributed by atoms with Crippen LogP contribution in [0.25, 0.3) is 0 Å². The van der Waals surface area contributed by atoms with Crippen molar-refractivity contribution in [2.75, 3.05) is 14.2 Å². The highest BCUT2D eigenvalue weighted by Crippen LogP contribution is 2.33. The third-order valence-corrected chi connectivity index (χ3v) is 3.36. The summed E-state index contributed by atoms with van der Waals surface area (Å²) in [5.41, 5.74) is -0.963. The van der Waals surface area contributed by atoms with E-state index < -0.39 is 23.6 Å². The van der Waals surface area contributed by atoms with Gasteiger partial charge in [0.05, 0.1) is 6.10 Å². The van der Waals surface area contributed by atoms with Crippen molar-refractivity contribution in [1.82, 2.24) is 9.55 Å². The number of hydrogen-bond acceptors (Lipinski definition) is 5. The number of aromatic amines is 1. The van der Waals surface area contributed by atoms with Crippen LogP contribution in [-0.2, 0) is 14.2 Å². The molecule has 1 aliphatic rings. The van der Waals surface area contributed by atoms with Gasteiger partial charge in [-0.05, 0) is 6.42 Å². The predicted octanol–water partition coefficient (Wildman–Crippen LogP) is -0.126. The summed E-state index contributed by atoms with van der Waals surface area (Å²) in [7, 11) is 3.13. The molecule has 0 spiro atoms. The lowest BCUT2D eigenvalue weighted by atomic mass is 10.1. The minimum Gasteiger partial charge on any atom is -0.376 e. The van der Waals surface area contributed by atoms with Gasteiger partial charge < -0.3 is 14.2 Å². The van der Waals surface area contributed by atoms with Crippen LogP contribution in [0.2, 0.25) is 0 Å². The maximum atomic E-state index is 11.8. The fraction of sp³-hybridized carbons (Fsp3) is 0.667. The van der Waals surface area contributed by atoms with Gasteiger partial charge in [0.25, 0.3) is 5.56 Å². The van der Waals surface area contributed by atoms with Crippen LogP contribution in [0, 0.1) is 0 Å². The predicted molar refractivity (Wildman–Crippen MR) is 67.1 cm³/mol. The molecule has 1 N–H and O–H groups in total. The van der Waals surface area contributed by atoms with E-state index in [-0.39, 0.29) is 12.2 Å². The van der Waals surface area contributed by atoms with Crippen molar-refractivity contribution >= 4 is 0 Å². The Morgan fingerprint density at radius 2 is 2.00 bits per heavy atom. The van der Waals surface area contributed by atoms with Gasteiger partial charge in [0.15, 0.2) is 6.23 Å². The average Bonchev–Trinajstić information content (AvgIpc) is 2.76. The molecule has 7 nitrogen and oxygen atoms in total. The third kappa shape index (κ3) is 2.49. The molecule has 106 valence electrons. The Morgan fingerprint density at radius 1 is 1.32 bits per heavy atom. The summed E-state index contributed by atoms with van der Waals surface area (Å²) < 4.78 is 17.9. The Balaban J connectivity index is 2.38. The van der Waals surface area contributed by atoms with Gasteiger partial charge in [-0.1, -0.05) is 6.92 Å². The lowest BCUT2D eigenvalue weighted by Crippen LogP contribution is -2.39. The summed E-state index contributed by atoms with van der Waals surface area (Å²) in [6.45, 7) is 1.97. The molecule has 0 saturated carbocycles. The molecule has 2 rings (SSSR count). The average molecular weight is 270 g/mol. The first-order chi connectivity index (χ1) is 9.12. The normalized spacial score (nSPS) is 30.7. The zero-order chi connectivity index (χ0) is 14.0. The number of hydrogen-bond donors (Lipinski definition) is 1. The van der Waals surface area contributed by atoms with Crippen molar-refractivity contribution in [3.8, 4) is 0 Å². The zero-order valence-electron chi connectivity index (χ0n) is 11.2. The maximum absolute atomic E-state index is 11.8. The molecule has 0 amide bonds. The molecule has 4 atom stereocenters. The Morgan fingerprint density at radius 3 is 2.53 bits per heavy atom. The minimum atomic E-state index is -0.607. The molecule has 19 heavy (non-hydrogen) atoms. The topological polar surface area (TPSA) is 82.6 Å². The lowest BCUT2D eigenvalue weighted by Gasteiger charge is -2.21. The third-order valence-electron chi connectivity index (χ3n) is 3.36. The van der Waals surface area contributed by atoms with Gasteiger partial charge in [0.1, 0.15) is 12.2 Å². The number of nitrogens with one attached hydrogen (secondary N) is 1. The summed E-state index contributed by atoms with van der Waals surface area (Å²) in [6.07, 6.45) is 0.732. The molecule has 2 heterocycles. The van der Waals surface area contributed by atoms with Crippen molar-refractivity contribution < 1.29 is 14.2 Å². The van der Waals surface area contributed by atoms with Crippen LogP contribution in [0.4, 0.5) is 0 Å². The molecule has 0 aromatic carbocycles. The van der Waals surface area contributed by atoms with E-state index in [2.05, 4.69) is 4.98 Å². The molecule has 0 bridgehead atoms. The largest absolute Gasteiger partial charge is 0.376 e. The fourth-order valence-electron chi connectivity index (χ4n) is 2.42. The molecular weight excluding hydrogens is 252 g/mol. The van der Waals surface area contributed by atoms with Gasteiger partial charge >= 0.3 is 5.69 Å². The van der Waals surface area contributed by atoms with E-state index in [4.69, 9.17) is 14.2 Å².